The molecule has 3 rings (SSSR count). The number of hydrogen-bond donors (Lipinski definition) is 1. The molecule has 1 fully saturated rings. The highest BCUT2D eigenvalue weighted by Gasteiger charge is 2.20. The number of nitrogens with zero attached hydrogens (tertiary/aromatic N) is 1. The molecule has 20 heavy (non-hydrogen) atoms. The van der Waals surface area contributed by atoms with Crippen LogP contribution in [0.2, 0.25) is 0 Å². The second-order valence-corrected chi connectivity index (χ2v) is 5.50. The third-order valence-electron chi connectivity index (χ3n) is 3.64. The molecule has 0 bridgehead atoms. The quantitative estimate of drug-likeness (QED) is 0.780. The van der Waals surface area contributed by atoms with Gasteiger partial charge < -0.3 is 10.1 Å². The van der Waals surface area contributed by atoms with Gasteiger partial charge in [0, 0.05) is 18.0 Å². The molecule has 0 amide bonds. The Kier molecular flexibility index (Phi) is 4.16. The topological polar surface area (TPSA) is 34.1 Å². The monoisotopic (exact) mass is 270 g/mol. The standard InChI is InChI=1S/C17H22N2O/c1-2-3-10-20-17-16-7-5-4-6-13(16)11-15(19-17)12-18-14-8-9-14/h4-7,11,14,18H,2-3,8-10,12H2,1H3. The summed E-state index contributed by atoms with van der Waals surface area (Å²) in [5.41, 5.74) is 1.07. The number of hydrogen-bond acceptors (Lipinski definition) is 3. The highest BCUT2D eigenvalue weighted by atomic mass is 16.5. The summed E-state index contributed by atoms with van der Waals surface area (Å²) >= 11 is 0. The van der Waals surface area contributed by atoms with Gasteiger partial charge in [0.1, 0.15) is 0 Å². The summed E-state index contributed by atoms with van der Waals surface area (Å²) in [6, 6.07) is 11.2. The first-order valence-corrected chi connectivity index (χ1v) is 7.61. The van der Waals surface area contributed by atoms with E-state index in [1.165, 1.54) is 18.2 Å². The van der Waals surface area contributed by atoms with Crippen molar-refractivity contribution in [3.8, 4) is 5.88 Å². The number of unbranched alkanes of at least 4 members (excludes halogenated alkanes) is 1. The molecule has 1 aliphatic carbocycles. The fourth-order valence-electron chi connectivity index (χ4n) is 2.27. The zero-order valence-corrected chi connectivity index (χ0v) is 12.1. The minimum absolute atomic E-state index is 0.702. The SMILES string of the molecule is CCCCOc1nc(CNC2CC2)cc2ccccc12. The Morgan fingerprint density at radius 3 is 2.95 bits per heavy atom. The van der Waals surface area contributed by atoms with E-state index in [9.17, 15) is 0 Å². The van der Waals surface area contributed by atoms with Gasteiger partial charge in [0.15, 0.2) is 0 Å². The molecule has 1 saturated carbocycles. The van der Waals surface area contributed by atoms with E-state index >= 15 is 0 Å². The summed E-state index contributed by atoms with van der Waals surface area (Å²) in [5, 5.41) is 5.83. The maximum atomic E-state index is 5.88. The van der Waals surface area contributed by atoms with Crippen molar-refractivity contribution in [3.05, 3.63) is 36.0 Å². The van der Waals surface area contributed by atoms with E-state index in [4.69, 9.17) is 4.74 Å². The van der Waals surface area contributed by atoms with Crippen LogP contribution in [0, 0.1) is 0 Å². The van der Waals surface area contributed by atoms with E-state index in [0.29, 0.717) is 6.04 Å². The van der Waals surface area contributed by atoms with Crippen LogP contribution in [0.15, 0.2) is 30.3 Å². The molecule has 3 heteroatoms. The second-order valence-electron chi connectivity index (χ2n) is 5.50. The van der Waals surface area contributed by atoms with Gasteiger partial charge in [0.2, 0.25) is 5.88 Å². The maximum Gasteiger partial charge on any atom is 0.221 e. The predicted molar refractivity (Wildman–Crippen MR) is 82.0 cm³/mol. The lowest BCUT2D eigenvalue weighted by Crippen LogP contribution is -2.16. The molecule has 0 unspecified atom stereocenters. The Bertz CT molecular complexity index is 578. The summed E-state index contributed by atoms with van der Waals surface area (Å²) in [7, 11) is 0. The lowest BCUT2D eigenvalue weighted by Gasteiger charge is -2.11. The van der Waals surface area contributed by atoms with Crippen LogP contribution in [0.1, 0.15) is 38.3 Å². The van der Waals surface area contributed by atoms with Crippen LogP contribution in [-0.2, 0) is 6.54 Å². The van der Waals surface area contributed by atoms with Gasteiger partial charge in [-0.3, -0.25) is 0 Å². The van der Waals surface area contributed by atoms with Gasteiger partial charge in [0.25, 0.3) is 0 Å². The molecule has 1 heterocycles. The highest BCUT2D eigenvalue weighted by Crippen LogP contribution is 2.25. The number of benzene rings is 1. The zero-order chi connectivity index (χ0) is 13.8. The van der Waals surface area contributed by atoms with E-state index in [-0.39, 0.29) is 0 Å². The second kappa shape index (κ2) is 6.23. The summed E-state index contributed by atoms with van der Waals surface area (Å²) in [6.45, 7) is 3.75. The molecule has 0 aliphatic heterocycles. The maximum absolute atomic E-state index is 5.88. The number of pyridine rings is 1. The molecule has 1 aromatic carbocycles. The summed E-state index contributed by atoms with van der Waals surface area (Å²) in [6.07, 6.45) is 4.81. The first-order chi connectivity index (χ1) is 9.86. The van der Waals surface area contributed by atoms with Gasteiger partial charge in [-0.25, -0.2) is 4.98 Å². The normalized spacial score (nSPS) is 14.7. The fourth-order valence-corrected chi connectivity index (χ4v) is 2.27. The first-order valence-electron chi connectivity index (χ1n) is 7.61. The summed E-state index contributed by atoms with van der Waals surface area (Å²) in [5.74, 6) is 0.782. The number of ether oxygens (including phenoxy) is 1. The van der Waals surface area contributed by atoms with Crippen molar-refractivity contribution in [3.63, 3.8) is 0 Å². The fraction of sp³-hybridized carbons (Fsp3) is 0.471. The number of nitrogens with one attached hydrogen (secondary N) is 1. The van der Waals surface area contributed by atoms with Crippen molar-refractivity contribution in [2.45, 2.75) is 45.2 Å². The van der Waals surface area contributed by atoms with Crippen LogP contribution >= 0.6 is 0 Å². The average molecular weight is 270 g/mol. The van der Waals surface area contributed by atoms with Crippen molar-refractivity contribution in [2.75, 3.05) is 6.61 Å². The molecule has 0 saturated heterocycles. The Balaban J connectivity index is 1.83. The van der Waals surface area contributed by atoms with Crippen LogP contribution < -0.4 is 10.1 Å². The van der Waals surface area contributed by atoms with E-state index in [0.717, 1.165) is 43.0 Å². The van der Waals surface area contributed by atoms with Crippen LogP contribution in [0.5, 0.6) is 5.88 Å². The number of fused-ring (bicyclic) bond motifs is 1. The lowest BCUT2D eigenvalue weighted by molar-refractivity contribution is 0.300. The van der Waals surface area contributed by atoms with Crippen molar-refractivity contribution in [1.29, 1.82) is 0 Å². The first kappa shape index (κ1) is 13.4. The van der Waals surface area contributed by atoms with Crippen LogP contribution in [-0.4, -0.2) is 17.6 Å². The Labute approximate surface area is 120 Å². The predicted octanol–water partition coefficient (Wildman–Crippen LogP) is 3.67. The molecule has 0 atom stereocenters. The summed E-state index contributed by atoms with van der Waals surface area (Å²) < 4.78 is 5.88. The smallest absolute Gasteiger partial charge is 0.221 e. The number of rotatable bonds is 7. The molecular weight excluding hydrogens is 248 g/mol. The van der Waals surface area contributed by atoms with Gasteiger partial charge in [-0.2, -0.15) is 0 Å². The van der Waals surface area contributed by atoms with E-state index < -0.39 is 0 Å². The summed E-state index contributed by atoms with van der Waals surface area (Å²) in [4.78, 5) is 4.69. The van der Waals surface area contributed by atoms with Crippen molar-refractivity contribution < 1.29 is 4.74 Å². The van der Waals surface area contributed by atoms with Gasteiger partial charge in [0.05, 0.1) is 12.3 Å². The van der Waals surface area contributed by atoms with Crippen LogP contribution in [0.4, 0.5) is 0 Å². The van der Waals surface area contributed by atoms with Crippen LogP contribution in [0.3, 0.4) is 0 Å². The lowest BCUT2D eigenvalue weighted by atomic mass is 10.1. The highest BCUT2D eigenvalue weighted by molar-refractivity contribution is 5.87. The van der Waals surface area contributed by atoms with E-state index in [1.807, 2.05) is 6.07 Å². The van der Waals surface area contributed by atoms with Gasteiger partial charge >= 0.3 is 0 Å². The van der Waals surface area contributed by atoms with Gasteiger partial charge in [-0.1, -0.05) is 31.5 Å². The molecule has 1 aliphatic rings. The van der Waals surface area contributed by atoms with E-state index in [1.54, 1.807) is 0 Å². The minimum atomic E-state index is 0.702. The molecule has 106 valence electrons. The molecule has 1 N–H and O–H groups in total. The Morgan fingerprint density at radius 2 is 2.15 bits per heavy atom. The van der Waals surface area contributed by atoms with Crippen LogP contribution in [0.25, 0.3) is 10.8 Å². The Morgan fingerprint density at radius 1 is 1.30 bits per heavy atom. The van der Waals surface area contributed by atoms with Crippen molar-refractivity contribution in [2.24, 2.45) is 0 Å². The molecule has 2 aromatic rings. The zero-order valence-electron chi connectivity index (χ0n) is 12.1. The third-order valence-corrected chi connectivity index (χ3v) is 3.64. The number of aromatic nitrogens is 1. The average Bonchev–Trinajstić information content (AvgIpc) is 3.29. The van der Waals surface area contributed by atoms with Gasteiger partial charge in [-0.05, 0) is 36.8 Å². The molecular formula is C17H22N2O. The minimum Gasteiger partial charge on any atom is -0.477 e. The Hall–Kier alpha value is -1.61. The molecule has 3 nitrogen and oxygen atoms in total. The van der Waals surface area contributed by atoms with Crippen molar-refractivity contribution in [1.82, 2.24) is 10.3 Å². The molecule has 0 radical (unpaired) electrons. The molecule has 0 spiro atoms. The van der Waals surface area contributed by atoms with Crippen molar-refractivity contribution >= 4 is 10.8 Å². The van der Waals surface area contributed by atoms with E-state index in [2.05, 4.69) is 41.5 Å². The largest absolute Gasteiger partial charge is 0.477 e. The molecule has 1 aromatic heterocycles. The third kappa shape index (κ3) is 3.28. The van der Waals surface area contributed by atoms with Gasteiger partial charge in [-0.15, -0.1) is 0 Å².